The van der Waals surface area contributed by atoms with Gasteiger partial charge in [0.05, 0.1) is 0 Å². The molecule has 56 valence electrons. The molecule has 3 aliphatic carbocycles. The van der Waals surface area contributed by atoms with Crippen molar-refractivity contribution in [2.75, 3.05) is 0 Å². The maximum atomic E-state index is 2.45. The summed E-state index contributed by atoms with van der Waals surface area (Å²) in [6, 6.07) is 0. The molecule has 2 bridgehead atoms. The summed E-state index contributed by atoms with van der Waals surface area (Å²) >= 11 is 0. The summed E-state index contributed by atoms with van der Waals surface area (Å²) in [7, 11) is 0. The van der Waals surface area contributed by atoms with Crippen LogP contribution in [0.3, 0.4) is 0 Å². The maximum Gasteiger partial charge on any atom is -0.0120 e. The minimum absolute atomic E-state index is 0.564. The lowest BCUT2D eigenvalue weighted by Crippen LogP contribution is -2.34. The number of hydrogen-bond donors (Lipinski definition) is 0. The van der Waals surface area contributed by atoms with Crippen LogP contribution in [0.5, 0.6) is 0 Å². The highest BCUT2D eigenvalue weighted by molar-refractivity contribution is 5.11. The summed E-state index contributed by atoms with van der Waals surface area (Å²) in [5.74, 6) is 1.85. The van der Waals surface area contributed by atoms with Gasteiger partial charge in [-0.1, -0.05) is 26.0 Å². The Morgan fingerprint density at radius 2 is 2.30 bits per heavy atom. The van der Waals surface area contributed by atoms with Gasteiger partial charge in [-0.2, -0.15) is 0 Å². The molecule has 3 atom stereocenters. The normalized spacial score (nSPS) is 51.8. The molecule has 0 aromatic carbocycles. The second-order valence-electron chi connectivity index (χ2n) is 4.30. The zero-order valence-electron chi connectivity index (χ0n) is 6.93. The van der Waals surface area contributed by atoms with Gasteiger partial charge in [0.1, 0.15) is 0 Å². The van der Waals surface area contributed by atoms with Gasteiger partial charge in [0.15, 0.2) is 0 Å². The van der Waals surface area contributed by atoms with Gasteiger partial charge in [0.25, 0.3) is 0 Å². The molecule has 0 spiro atoms. The molecule has 3 unspecified atom stereocenters. The van der Waals surface area contributed by atoms with E-state index in [1.165, 1.54) is 19.3 Å². The van der Waals surface area contributed by atoms with Gasteiger partial charge in [-0.3, -0.25) is 0 Å². The van der Waals surface area contributed by atoms with Gasteiger partial charge in [0, 0.05) is 0 Å². The summed E-state index contributed by atoms with van der Waals surface area (Å²) < 4.78 is 0. The van der Waals surface area contributed by atoms with Gasteiger partial charge < -0.3 is 0 Å². The van der Waals surface area contributed by atoms with Gasteiger partial charge >= 0.3 is 0 Å². The largest absolute Gasteiger partial charge is 0.0849 e. The minimum atomic E-state index is 0.564. The van der Waals surface area contributed by atoms with Crippen LogP contribution in [-0.4, -0.2) is 0 Å². The standard InChI is InChI=1S/C10H16/c1-8-7-9-3-5-10(8,2)6-4-9/h3,5,8-9H,4,6-7H2,1-2H3. The Balaban J connectivity index is 2.31. The van der Waals surface area contributed by atoms with Crippen LogP contribution in [0.15, 0.2) is 12.2 Å². The molecule has 0 amide bonds. The molecule has 0 aromatic heterocycles. The van der Waals surface area contributed by atoms with Crippen molar-refractivity contribution in [3.05, 3.63) is 12.2 Å². The summed E-state index contributed by atoms with van der Waals surface area (Å²) in [5.41, 5.74) is 0.564. The van der Waals surface area contributed by atoms with E-state index in [4.69, 9.17) is 0 Å². The fourth-order valence-corrected chi connectivity index (χ4v) is 2.36. The number of hydrogen-bond acceptors (Lipinski definition) is 0. The second kappa shape index (κ2) is 1.87. The molecule has 0 radical (unpaired) electrons. The summed E-state index contributed by atoms with van der Waals surface area (Å²) in [6.45, 7) is 4.80. The third-order valence-corrected chi connectivity index (χ3v) is 3.59. The van der Waals surface area contributed by atoms with E-state index in [1.807, 2.05) is 0 Å². The monoisotopic (exact) mass is 136 g/mol. The van der Waals surface area contributed by atoms with E-state index >= 15 is 0 Å². The molecule has 3 rings (SSSR count). The molecule has 0 aliphatic heterocycles. The van der Waals surface area contributed by atoms with E-state index in [1.54, 1.807) is 0 Å². The second-order valence-corrected chi connectivity index (χ2v) is 4.30. The predicted octanol–water partition coefficient (Wildman–Crippen LogP) is 3.00. The highest BCUT2D eigenvalue weighted by atomic mass is 14.4. The number of allylic oxidation sites excluding steroid dienone is 2. The third kappa shape index (κ3) is 0.744. The van der Waals surface area contributed by atoms with Crippen LogP contribution in [0.1, 0.15) is 33.1 Å². The van der Waals surface area contributed by atoms with Crippen LogP contribution in [0.25, 0.3) is 0 Å². The van der Waals surface area contributed by atoms with Gasteiger partial charge in [-0.05, 0) is 36.5 Å². The van der Waals surface area contributed by atoms with E-state index in [9.17, 15) is 0 Å². The smallest absolute Gasteiger partial charge is 0.0120 e. The van der Waals surface area contributed by atoms with Crippen LogP contribution in [-0.2, 0) is 0 Å². The Morgan fingerprint density at radius 1 is 1.50 bits per heavy atom. The first-order valence-corrected chi connectivity index (χ1v) is 4.40. The molecule has 0 saturated heterocycles. The highest BCUT2D eigenvalue weighted by Gasteiger charge is 2.37. The van der Waals surface area contributed by atoms with Crippen molar-refractivity contribution in [3.63, 3.8) is 0 Å². The number of fused-ring (bicyclic) bond motifs is 2. The Labute approximate surface area is 63.3 Å². The van der Waals surface area contributed by atoms with Crippen LogP contribution < -0.4 is 0 Å². The fourth-order valence-electron chi connectivity index (χ4n) is 2.36. The minimum Gasteiger partial charge on any atom is -0.0849 e. The SMILES string of the molecule is CC1CC2C=CC1(C)CC2. The molecule has 0 heteroatoms. The number of rotatable bonds is 0. The molecular formula is C10H16. The van der Waals surface area contributed by atoms with Crippen LogP contribution in [0, 0.1) is 17.3 Å². The fraction of sp³-hybridized carbons (Fsp3) is 0.800. The zero-order valence-corrected chi connectivity index (χ0v) is 6.93. The Kier molecular flexibility index (Phi) is 1.21. The topological polar surface area (TPSA) is 0 Å². The van der Waals surface area contributed by atoms with E-state index in [-0.39, 0.29) is 0 Å². The van der Waals surface area contributed by atoms with Crippen LogP contribution in [0.2, 0.25) is 0 Å². The van der Waals surface area contributed by atoms with Crippen LogP contribution >= 0.6 is 0 Å². The summed E-state index contributed by atoms with van der Waals surface area (Å²) in [4.78, 5) is 0. The average molecular weight is 136 g/mol. The summed E-state index contributed by atoms with van der Waals surface area (Å²) in [5, 5.41) is 0. The Hall–Kier alpha value is -0.260. The maximum absolute atomic E-state index is 2.45. The zero-order chi connectivity index (χ0) is 7.19. The molecule has 10 heavy (non-hydrogen) atoms. The van der Waals surface area contributed by atoms with Crippen molar-refractivity contribution in [3.8, 4) is 0 Å². The summed E-state index contributed by atoms with van der Waals surface area (Å²) in [6.07, 6.45) is 9.19. The van der Waals surface area contributed by atoms with E-state index in [0.717, 1.165) is 11.8 Å². The first kappa shape index (κ1) is 6.45. The molecule has 0 aromatic rings. The van der Waals surface area contributed by atoms with Gasteiger partial charge in [0.2, 0.25) is 0 Å². The molecule has 3 aliphatic rings. The Bertz CT molecular complexity index is 169. The predicted molar refractivity (Wildman–Crippen MR) is 43.8 cm³/mol. The van der Waals surface area contributed by atoms with E-state index in [2.05, 4.69) is 26.0 Å². The van der Waals surface area contributed by atoms with Crippen molar-refractivity contribution in [1.29, 1.82) is 0 Å². The highest BCUT2D eigenvalue weighted by Crippen LogP contribution is 2.48. The van der Waals surface area contributed by atoms with Crippen molar-refractivity contribution in [1.82, 2.24) is 0 Å². The lowest BCUT2D eigenvalue weighted by atomic mass is 9.61. The quantitative estimate of drug-likeness (QED) is 0.449. The van der Waals surface area contributed by atoms with Gasteiger partial charge in [-0.25, -0.2) is 0 Å². The van der Waals surface area contributed by atoms with Crippen molar-refractivity contribution < 1.29 is 0 Å². The average Bonchev–Trinajstić information content (AvgIpc) is 1.92. The molecule has 0 nitrogen and oxygen atoms in total. The van der Waals surface area contributed by atoms with Crippen molar-refractivity contribution >= 4 is 0 Å². The first-order chi connectivity index (χ1) is 4.71. The molecule has 1 saturated carbocycles. The molecular weight excluding hydrogens is 120 g/mol. The molecule has 1 fully saturated rings. The van der Waals surface area contributed by atoms with Crippen LogP contribution in [0.4, 0.5) is 0 Å². The van der Waals surface area contributed by atoms with Crippen molar-refractivity contribution in [2.45, 2.75) is 33.1 Å². The Morgan fingerprint density at radius 3 is 2.60 bits per heavy atom. The lowest BCUT2D eigenvalue weighted by molar-refractivity contribution is 0.139. The lowest BCUT2D eigenvalue weighted by Gasteiger charge is -2.44. The van der Waals surface area contributed by atoms with E-state index < -0.39 is 0 Å². The third-order valence-electron chi connectivity index (χ3n) is 3.59. The molecule has 0 N–H and O–H groups in total. The van der Waals surface area contributed by atoms with Gasteiger partial charge in [-0.15, -0.1) is 0 Å². The van der Waals surface area contributed by atoms with E-state index in [0.29, 0.717) is 5.41 Å². The molecule has 0 heterocycles. The van der Waals surface area contributed by atoms with Crippen molar-refractivity contribution in [2.24, 2.45) is 17.3 Å². The first-order valence-electron chi connectivity index (χ1n) is 4.40.